The van der Waals surface area contributed by atoms with Crippen LogP contribution in [0.15, 0.2) is 79.0 Å². The summed E-state index contributed by atoms with van der Waals surface area (Å²) in [6.07, 6.45) is 1.71. The van der Waals surface area contributed by atoms with E-state index in [9.17, 15) is 9.59 Å². The molecule has 0 spiro atoms. The average molecular weight is 606 g/mol. The van der Waals surface area contributed by atoms with Gasteiger partial charge in [-0.1, -0.05) is 51.1 Å². The fourth-order valence-corrected chi connectivity index (χ4v) is 5.15. The monoisotopic (exact) mass is 605 g/mol. The number of carbonyl (C=O) groups is 2. The summed E-state index contributed by atoms with van der Waals surface area (Å²) in [4.78, 5) is 38.4. The molecule has 2 aromatic heterocycles. The van der Waals surface area contributed by atoms with E-state index in [1.54, 1.807) is 42.3 Å². The lowest BCUT2D eigenvalue weighted by atomic mass is 9.92. The van der Waals surface area contributed by atoms with E-state index in [-0.39, 0.29) is 11.0 Å². The number of anilines is 4. The summed E-state index contributed by atoms with van der Waals surface area (Å²) in [5.41, 5.74) is 2.19. The van der Waals surface area contributed by atoms with Gasteiger partial charge in [-0.25, -0.2) is 9.67 Å². The molecule has 0 aliphatic carbocycles. The maximum absolute atomic E-state index is 13.7. The number of fused-ring (bicyclic) bond motifs is 1. The van der Waals surface area contributed by atoms with Gasteiger partial charge >= 0.3 is 0 Å². The average Bonchev–Trinajstić information content (AvgIpc) is 3.50. The third-order valence-corrected chi connectivity index (χ3v) is 7.59. The molecule has 3 heterocycles. The van der Waals surface area contributed by atoms with Gasteiger partial charge in [-0.05, 0) is 35.7 Å². The lowest BCUT2D eigenvalue weighted by Gasteiger charge is -2.26. The normalized spacial score (nSPS) is 13.5. The first-order chi connectivity index (χ1) is 21.7. The van der Waals surface area contributed by atoms with E-state index in [1.807, 2.05) is 69.3 Å². The second-order valence-corrected chi connectivity index (χ2v) is 11.7. The molecule has 0 atom stereocenters. The number of rotatable bonds is 8. The predicted molar refractivity (Wildman–Crippen MR) is 174 cm³/mol. The minimum Gasteiger partial charge on any atom is -0.497 e. The Morgan fingerprint density at radius 1 is 0.933 bits per heavy atom. The van der Waals surface area contributed by atoms with Crippen LogP contribution in [0.4, 0.5) is 23.3 Å². The summed E-state index contributed by atoms with van der Waals surface area (Å²) < 4.78 is 12.5. The smallest absolute Gasteiger partial charge is 0.297 e. The highest BCUT2D eigenvalue weighted by molar-refractivity contribution is 6.48. The minimum absolute atomic E-state index is 0.286. The summed E-state index contributed by atoms with van der Waals surface area (Å²) in [7, 11) is 1.59. The number of carbonyl (C=O) groups excluding carboxylic acids is 2. The molecule has 11 nitrogen and oxygen atoms in total. The number of nitrogens with one attached hydrogen (secondary N) is 2. The number of nitrogens with zero attached hydrogens (tertiary/aromatic N) is 5. The fraction of sp³-hybridized carbons (Fsp3) is 0.265. The van der Waals surface area contributed by atoms with Crippen molar-refractivity contribution in [2.75, 3.05) is 48.9 Å². The quantitative estimate of drug-likeness (QED) is 0.174. The van der Waals surface area contributed by atoms with Gasteiger partial charge in [0.15, 0.2) is 0 Å². The third-order valence-electron chi connectivity index (χ3n) is 7.59. The van der Waals surface area contributed by atoms with Crippen LogP contribution in [0.1, 0.15) is 36.8 Å². The van der Waals surface area contributed by atoms with E-state index < -0.39 is 11.7 Å². The van der Waals surface area contributed by atoms with Gasteiger partial charge in [0.05, 0.1) is 31.7 Å². The molecule has 1 fully saturated rings. The van der Waals surface area contributed by atoms with Crippen molar-refractivity contribution in [2.45, 2.75) is 26.2 Å². The Labute approximate surface area is 261 Å². The van der Waals surface area contributed by atoms with Gasteiger partial charge in [-0.15, -0.1) is 0 Å². The molecule has 5 aromatic rings. The predicted octanol–water partition coefficient (Wildman–Crippen LogP) is 5.52. The van der Waals surface area contributed by atoms with Crippen LogP contribution in [-0.4, -0.2) is 64.9 Å². The summed E-state index contributed by atoms with van der Waals surface area (Å²) in [6, 6.07) is 21.9. The van der Waals surface area contributed by atoms with Crippen LogP contribution >= 0.6 is 0 Å². The highest BCUT2D eigenvalue weighted by Gasteiger charge is 2.25. The molecule has 1 aliphatic rings. The van der Waals surface area contributed by atoms with Crippen LogP contribution in [0.5, 0.6) is 5.75 Å². The topological polar surface area (TPSA) is 124 Å². The summed E-state index contributed by atoms with van der Waals surface area (Å²) in [5.74, 6) is 0.844. The molecule has 3 aromatic carbocycles. The molecule has 0 unspecified atom stereocenters. The van der Waals surface area contributed by atoms with Crippen LogP contribution in [0.2, 0.25) is 0 Å². The van der Waals surface area contributed by atoms with Gasteiger partial charge in [-0.3, -0.25) is 9.59 Å². The summed E-state index contributed by atoms with van der Waals surface area (Å²) in [5, 5.41) is 12.4. The molecular formula is C34H35N7O4. The highest BCUT2D eigenvalue weighted by Crippen LogP contribution is 2.31. The molecule has 1 amide bonds. The molecular weight excluding hydrogens is 570 g/mol. The zero-order valence-electron chi connectivity index (χ0n) is 25.7. The van der Waals surface area contributed by atoms with Crippen molar-refractivity contribution in [3.63, 3.8) is 0 Å². The van der Waals surface area contributed by atoms with E-state index >= 15 is 0 Å². The summed E-state index contributed by atoms with van der Waals surface area (Å²) in [6.45, 7) is 8.83. The number of aromatic nitrogens is 4. The van der Waals surface area contributed by atoms with Crippen LogP contribution in [0.25, 0.3) is 16.5 Å². The SMILES string of the molecule is COc1cccc(-n2nc(C(C)(C)C)cc2NC(=O)C(=O)c2ccc(Nc3ccnc(N4CCOCC4)n3)c3ccccc23)c1. The third kappa shape index (κ3) is 6.34. The first-order valence-electron chi connectivity index (χ1n) is 14.8. The van der Waals surface area contributed by atoms with E-state index in [0.29, 0.717) is 47.6 Å². The van der Waals surface area contributed by atoms with Crippen molar-refractivity contribution in [2.24, 2.45) is 0 Å². The van der Waals surface area contributed by atoms with Crippen molar-refractivity contribution in [3.05, 3.63) is 90.3 Å². The second-order valence-electron chi connectivity index (χ2n) is 11.7. The zero-order valence-corrected chi connectivity index (χ0v) is 25.7. The molecule has 0 radical (unpaired) electrons. The maximum atomic E-state index is 13.7. The number of ether oxygens (including phenoxy) is 2. The largest absolute Gasteiger partial charge is 0.497 e. The highest BCUT2D eigenvalue weighted by atomic mass is 16.5. The first-order valence-corrected chi connectivity index (χ1v) is 14.8. The van der Waals surface area contributed by atoms with Crippen LogP contribution < -0.4 is 20.3 Å². The molecule has 230 valence electrons. The molecule has 45 heavy (non-hydrogen) atoms. The molecule has 1 aliphatic heterocycles. The number of hydrogen-bond donors (Lipinski definition) is 2. The van der Waals surface area contributed by atoms with Crippen LogP contribution in [0.3, 0.4) is 0 Å². The number of Topliss-reactive ketones (excluding diaryl/α,β-unsaturated/α-hetero) is 1. The zero-order chi connectivity index (χ0) is 31.6. The molecule has 1 saturated heterocycles. The number of hydrogen-bond acceptors (Lipinski definition) is 9. The Morgan fingerprint density at radius 2 is 1.71 bits per heavy atom. The number of methoxy groups -OCH3 is 1. The second kappa shape index (κ2) is 12.4. The van der Waals surface area contributed by atoms with E-state index in [1.165, 1.54) is 0 Å². The molecule has 0 bridgehead atoms. The van der Waals surface area contributed by atoms with E-state index in [4.69, 9.17) is 19.6 Å². The van der Waals surface area contributed by atoms with Crippen molar-refractivity contribution >= 4 is 45.7 Å². The number of amides is 1. The van der Waals surface area contributed by atoms with Gasteiger partial charge in [-0.2, -0.15) is 10.1 Å². The maximum Gasteiger partial charge on any atom is 0.297 e. The van der Waals surface area contributed by atoms with Gasteiger partial charge in [0.2, 0.25) is 5.95 Å². The van der Waals surface area contributed by atoms with Crippen molar-refractivity contribution in [1.29, 1.82) is 0 Å². The van der Waals surface area contributed by atoms with Gasteiger partial charge < -0.3 is 25.0 Å². The van der Waals surface area contributed by atoms with Gasteiger partial charge in [0.1, 0.15) is 17.4 Å². The van der Waals surface area contributed by atoms with E-state index in [2.05, 4.69) is 20.5 Å². The Hall–Kier alpha value is -5.29. The van der Waals surface area contributed by atoms with Crippen molar-refractivity contribution in [3.8, 4) is 11.4 Å². The Morgan fingerprint density at radius 3 is 2.47 bits per heavy atom. The van der Waals surface area contributed by atoms with Gasteiger partial charge in [0.25, 0.3) is 11.7 Å². The Bertz CT molecular complexity index is 1870. The molecule has 2 N–H and O–H groups in total. The van der Waals surface area contributed by atoms with Crippen LogP contribution in [-0.2, 0) is 14.9 Å². The van der Waals surface area contributed by atoms with Gasteiger partial charge in [0, 0.05) is 53.5 Å². The van der Waals surface area contributed by atoms with Crippen LogP contribution in [0, 0.1) is 0 Å². The first kappa shape index (κ1) is 29.8. The lowest BCUT2D eigenvalue weighted by Crippen LogP contribution is -2.37. The Balaban J connectivity index is 1.28. The molecule has 11 heteroatoms. The summed E-state index contributed by atoms with van der Waals surface area (Å²) >= 11 is 0. The minimum atomic E-state index is -0.767. The lowest BCUT2D eigenvalue weighted by molar-refractivity contribution is -0.112. The van der Waals surface area contributed by atoms with Crippen molar-refractivity contribution in [1.82, 2.24) is 19.7 Å². The number of ketones is 1. The fourth-order valence-electron chi connectivity index (χ4n) is 5.15. The molecule has 6 rings (SSSR count). The van der Waals surface area contributed by atoms with E-state index in [0.717, 1.165) is 29.9 Å². The standard InChI is InChI=1S/C34H35N7O4/c1-34(2,3)28-21-30(41(39-28)22-8-7-9-23(20-22)44-4)38-32(43)31(42)26-12-13-27(25-11-6-5-10-24(25)26)36-29-14-15-35-33(37-29)40-16-18-45-19-17-40/h5-15,20-21H,16-19H2,1-4H3,(H,38,43)(H,35,36,37). The number of morpholine rings is 1. The van der Waals surface area contributed by atoms with Crippen molar-refractivity contribution < 1.29 is 19.1 Å². The molecule has 0 saturated carbocycles. The number of benzene rings is 3. The Kier molecular flexibility index (Phi) is 8.18.